The maximum Gasteiger partial charge on any atom is 0.416 e. The van der Waals surface area contributed by atoms with Gasteiger partial charge in [0.15, 0.2) is 5.13 Å². The lowest BCUT2D eigenvalue weighted by atomic mass is 10.2. The SMILES string of the molecule is Cc1c(Cl)ccc2sc(N3CCN(C(=O)Nc4ccc(C(F)(F)F)cc4)CC3)nc12. The highest BCUT2D eigenvalue weighted by Crippen LogP contribution is 2.34. The molecule has 0 radical (unpaired) electrons. The fourth-order valence-electron chi connectivity index (χ4n) is 3.27. The van der Waals surface area contributed by atoms with Crippen LogP contribution in [0.4, 0.5) is 28.8 Å². The van der Waals surface area contributed by atoms with Crippen LogP contribution in [0, 0.1) is 6.92 Å². The lowest BCUT2D eigenvalue weighted by molar-refractivity contribution is -0.137. The van der Waals surface area contributed by atoms with Crippen LogP contribution in [0.15, 0.2) is 36.4 Å². The van der Waals surface area contributed by atoms with Crippen molar-refractivity contribution in [2.75, 3.05) is 36.4 Å². The lowest BCUT2D eigenvalue weighted by Crippen LogP contribution is -2.50. The quantitative estimate of drug-likeness (QED) is 0.546. The number of rotatable bonds is 2. The van der Waals surface area contributed by atoms with E-state index in [0.29, 0.717) is 36.9 Å². The minimum absolute atomic E-state index is 0.328. The zero-order chi connectivity index (χ0) is 21.5. The molecule has 0 atom stereocenters. The van der Waals surface area contributed by atoms with Gasteiger partial charge < -0.3 is 15.1 Å². The first-order valence-corrected chi connectivity index (χ1v) is 10.5. The van der Waals surface area contributed by atoms with Gasteiger partial charge in [0.25, 0.3) is 0 Å². The molecule has 158 valence electrons. The second-order valence-corrected chi connectivity index (χ2v) is 8.41. The molecule has 1 aromatic heterocycles. The molecule has 2 aromatic carbocycles. The maximum absolute atomic E-state index is 12.6. The van der Waals surface area contributed by atoms with E-state index in [1.54, 1.807) is 16.2 Å². The van der Waals surface area contributed by atoms with Gasteiger partial charge in [-0.05, 0) is 48.9 Å². The topological polar surface area (TPSA) is 48.5 Å². The highest BCUT2D eigenvalue weighted by molar-refractivity contribution is 7.22. The number of aryl methyl sites for hydroxylation is 1. The predicted molar refractivity (Wildman–Crippen MR) is 114 cm³/mol. The summed E-state index contributed by atoms with van der Waals surface area (Å²) < 4.78 is 39.0. The van der Waals surface area contributed by atoms with E-state index in [1.165, 1.54) is 12.1 Å². The monoisotopic (exact) mass is 454 g/mol. The molecule has 30 heavy (non-hydrogen) atoms. The maximum atomic E-state index is 12.6. The third-order valence-corrected chi connectivity index (χ3v) is 6.53. The molecule has 0 unspecified atom stereocenters. The Bertz CT molecular complexity index is 1080. The summed E-state index contributed by atoms with van der Waals surface area (Å²) in [5, 5.41) is 4.23. The summed E-state index contributed by atoms with van der Waals surface area (Å²) in [7, 11) is 0. The average molecular weight is 455 g/mol. The van der Waals surface area contributed by atoms with Crippen LogP contribution in [-0.4, -0.2) is 42.1 Å². The number of carbonyl (C=O) groups excluding carboxylic acids is 1. The molecule has 10 heteroatoms. The summed E-state index contributed by atoms with van der Waals surface area (Å²) >= 11 is 7.77. The Morgan fingerprint density at radius 3 is 2.40 bits per heavy atom. The van der Waals surface area contributed by atoms with Crippen molar-refractivity contribution in [3.05, 3.63) is 52.5 Å². The highest BCUT2D eigenvalue weighted by Gasteiger charge is 2.30. The average Bonchev–Trinajstić information content (AvgIpc) is 3.16. The third kappa shape index (κ3) is 4.17. The number of carbonyl (C=O) groups is 1. The summed E-state index contributed by atoms with van der Waals surface area (Å²) in [5.41, 5.74) is 1.42. The Hall–Kier alpha value is -2.52. The molecule has 2 amide bonds. The summed E-state index contributed by atoms with van der Waals surface area (Å²) in [5.74, 6) is 0. The highest BCUT2D eigenvalue weighted by atomic mass is 35.5. The number of thiazole rings is 1. The number of fused-ring (bicyclic) bond motifs is 1. The second-order valence-electron chi connectivity index (χ2n) is 6.99. The van der Waals surface area contributed by atoms with Gasteiger partial charge in [-0.1, -0.05) is 22.9 Å². The number of halogens is 4. The van der Waals surface area contributed by atoms with Crippen molar-refractivity contribution >= 4 is 50.0 Å². The molecule has 1 fully saturated rings. The van der Waals surface area contributed by atoms with Crippen LogP contribution in [0.1, 0.15) is 11.1 Å². The number of piperazine rings is 1. The normalized spacial score (nSPS) is 15.0. The Morgan fingerprint density at radius 1 is 1.10 bits per heavy atom. The molecule has 5 nitrogen and oxygen atoms in total. The molecular weight excluding hydrogens is 437 g/mol. The van der Waals surface area contributed by atoms with Gasteiger partial charge in [-0.3, -0.25) is 0 Å². The number of nitrogens with zero attached hydrogens (tertiary/aromatic N) is 3. The molecule has 0 saturated carbocycles. The van der Waals surface area contributed by atoms with E-state index in [4.69, 9.17) is 16.6 Å². The number of anilines is 2. The van der Waals surface area contributed by atoms with Crippen LogP contribution in [0.25, 0.3) is 10.2 Å². The molecule has 2 heterocycles. The number of alkyl halides is 3. The first-order chi connectivity index (χ1) is 14.2. The van der Waals surface area contributed by atoms with Gasteiger partial charge in [0, 0.05) is 36.9 Å². The van der Waals surface area contributed by atoms with E-state index in [0.717, 1.165) is 33.0 Å². The van der Waals surface area contributed by atoms with Crippen molar-refractivity contribution in [2.24, 2.45) is 0 Å². The predicted octanol–water partition coefficient (Wildman–Crippen LogP) is 5.63. The lowest BCUT2D eigenvalue weighted by Gasteiger charge is -2.34. The van der Waals surface area contributed by atoms with Crippen LogP contribution >= 0.6 is 22.9 Å². The van der Waals surface area contributed by atoms with Gasteiger partial charge in [0.2, 0.25) is 0 Å². The van der Waals surface area contributed by atoms with Crippen molar-refractivity contribution in [3.8, 4) is 0 Å². The summed E-state index contributed by atoms with van der Waals surface area (Å²) in [4.78, 5) is 20.9. The number of benzene rings is 2. The van der Waals surface area contributed by atoms with Gasteiger partial charge in [-0.15, -0.1) is 0 Å². The van der Waals surface area contributed by atoms with Crippen LogP contribution in [0.5, 0.6) is 0 Å². The van der Waals surface area contributed by atoms with Crippen molar-refractivity contribution in [1.82, 2.24) is 9.88 Å². The number of hydrogen-bond donors (Lipinski definition) is 1. The van der Waals surface area contributed by atoms with E-state index in [9.17, 15) is 18.0 Å². The van der Waals surface area contributed by atoms with Crippen LogP contribution in [-0.2, 0) is 6.18 Å². The molecule has 0 aliphatic carbocycles. The molecular formula is C20H18ClF3N4OS. The smallest absolute Gasteiger partial charge is 0.345 e. The van der Waals surface area contributed by atoms with Crippen molar-refractivity contribution in [3.63, 3.8) is 0 Å². The second kappa shape index (κ2) is 7.96. The molecule has 0 spiro atoms. The van der Waals surface area contributed by atoms with E-state index in [-0.39, 0.29) is 6.03 Å². The Kier molecular flexibility index (Phi) is 5.50. The number of aromatic nitrogens is 1. The Labute approximate surface area is 180 Å². The van der Waals surface area contributed by atoms with Gasteiger partial charge >= 0.3 is 12.2 Å². The van der Waals surface area contributed by atoms with E-state index < -0.39 is 11.7 Å². The standard InChI is InChI=1S/C20H18ClF3N4OS/c1-12-15(21)6-7-16-17(12)26-19(30-16)28-10-8-27(9-11-28)18(29)25-14-4-2-13(3-5-14)20(22,23)24/h2-7H,8-11H2,1H3,(H,25,29). The first kappa shape index (κ1) is 20.7. The zero-order valence-corrected chi connectivity index (χ0v) is 17.5. The van der Waals surface area contributed by atoms with Gasteiger partial charge in [-0.2, -0.15) is 13.2 Å². The number of amides is 2. The summed E-state index contributed by atoms with van der Waals surface area (Å²) in [6, 6.07) is 7.91. The first-order valence-electron chi connectivity index (χ1n) is 9.26. The molecule has 0 bridgehead atoms. The van der Waals surface area contributed by atoms with Gasteiger partial charge in [0.1, 0.15) is 0 Å². The molecule has 1 aliphatic heterocycles. The van der Waals surface area contributed by atoms with Gasteiger partial charge in [-0.25, -0.2) is 9.78 Å². The number of urea groups is 1. The molecule has 3 aromatic rings. The van der Waals surface area contributed by atoms with Crippen molar-refractivity contribution < 1.29 is 18.0 Å². The Balaban J connectivity index is 1.37. The summed E-state index contributed by atoms with van der Waals surface area (Å²) in [6.45, 7) is 4.15. The van der Waals surface area contributed by atoms with E-state index in [1.807, 2.05) is 19.1 Å². The molecule has 1 aliphatic rings. The minimum Gasteiger partial charge on any atom is -0.345 e. The summed E-state index contributed by atoms with van der Waals surface area (Å²) in [6.07, 6.45) is -4.40. The number of hydrogen-bond acceptors (Lipinski definition) is 4. The van der Waals surface area contributed by atoms with Crippen LogP contribution in [0.3, 0.4) is 0 Å². The van der Waals surface area contributed by atoms with Crippen LogP contribution < -0.4 is 10.2 Å². The van der Waals surface area contributed by atoms with Crippen LogP contribution in [0.2, 0.25) is 5.02 Å². The van der Waals surface area contributed by atoms with E-state index in [2.05, 4.69) is 10.2 Å². The van der Waals surface area contributed by atoms with Gasteiger partial charge in [0.05, 0.1) is 15.8 Å². The third-order valence-electron chi connectivity index (χ3n) is 5.04. The van der Waals surface area contributed by atoms with Crippen molar-refractivity contribution in [1.29, 1.82) is 0 Å². The fraction of sp³-hybridized carbons (Fsp3) is 0.300. The van der Waals surface area contributed by atoms with E-state index >= 15 is 0 Å². The molecule has 1 saturated heterocycles. The molecule has 4 rings (SSSR count). The fourth-order valence-corrected chi connectivity index (χ4v) is 4.50. The zero-order valence-electron chi connectivity index (χ0n) is 16.0. The molecule has 1 N–H and O–H groups in total. The Morgan fingerprint density at radius 2 is 1.77 bits per heavy atom. The largest absolute Gasteiger partial charge is 0.416 e. The number of nitrogens with one attached hydrogen (secondary N) is 1. The van der Waals surface area contributed by atoms with Crippen molar-refractivity contribution in [2.45, 2.75) is 13.1 Å². The minimum atomic E-state index is -4.40.